The van der Waals surface area contributed by atoms with Gasteiger partial charge in [0.25, 0.3) is 0 Å². The van der Waals surface area contributed by atoms with E-state index >= 15 is 0 Å². The Morgan fingerprint density at radius 3 is 1.95 bits per heavy atom. The SMILES string of the molecule is OB(O)c1ccc2c(c1)c1c3ccccc3c3c4ccccc4sc3c1n2-c1ccc(-c2ccccc2)cc1. The number of benzene rings is 6. The van der Waals surface area contributed by atoms with Crippen molar-refractivity contribution in [2.75, 3.05) is 0 Å². The summed E-state index contributed by atoms with van der Waals surface area (Å²) in [5.41, 5.74) is 6.10. The molecule has 39 heavy (non-hydrogen) atoms. The Morgan fingerprint density at radius 1 is 0.564 bits per heavy atom. The minimum atomic E-state index is -1.53. The summed E-state index contributed by atoms with van der Waals surface area (Å²) in [4.78, 5) is 0. The normalized spacial score (nSPS) is 11.8. The molecule has 2 aromatic heterocycles. The molecule has 0 fully saturated rings. The van der Waals surface area contributed by atoms with E-state index in [1.807, 2.05) is 35.6 Å². The summed E-state index contributed by atoms with van der Waals surface area (Å²) in [6, 6.07) is 42.1. The van der Waals surface area contributed by atoms with Crippen LogP contribution < -0.4 is 5.46 Å². The van der Waals surface area contributed by atoms with Crippen LogP contribution in [0.5, 0.6) is 0 Å². The molecule has 3 nitrogen and oxygen atoms in total. The molecule has 0 radical (unpaired) electrons. The first-order chi connectivity index (χ1) is 19.2. The molecule has 0 saturated carbocycles. The van der Waals surface area contributed by atoms with Gasteiger partial charge in [-0.25, -0.2) is 0 Å². The lowest BCUT2D eigenvalue weighted by Gasteiger charge is -2.11. The van der Waals surface area contributed by atoms with Crippen LogP contribution in [0.15, 0.2) is 121 Å². The van der Waals surface area contributed by atoms with Crippen LogP contribution in [0.25, 0.3) is 69.6 Å². The van der Waals surface area contributed by atoms with Gasteiger partial charge in [-0.3, -0.25) is 0 Å². The van der Waals surface area contributed by atoms with Crippen LogP contribution >= 0.6 is 11.3 Å². The monoisotopic (exact) mass is 519 g/mol. The van der Waals surface area contributed by atoms with Gasteiger partial charge < -0.3 is 14.6 Å². The topological polar surface area (TPSA) is 45.4 Å². The molecule has 0 atom stereocenters. The largest absolute Gasteiger partial charge is 0.488 e. The fraction of sp³-hybridized carbons (Fsp3) is 0. The van der Waals surface area contributed by atoms with Crippen LogP contribution in [0, 0.1) is 0 Å². The number of fused-ring (bicyclic) bond motifs is 10. The molecule has 6 aromatic carbocycles. The highest BCUT2D eigenvalue weighted by Crippen LogP contribution is 2.47. The van der Waals surface area contributed by atoms with Gasteiger partial charge in [0.1, 0.15) is 0 Å². The van der Waals surface area contributed by atoms with E-state index in [2.05, 4.69) is 102 Å². The Labute approximate surface area is 228 Å². The Bertz CT molecular complexity index is 2200. The first-order valence-corrected chi connectivity index (χ1v) is 13.8. The molecule has 8 aromatic rings. The van der Waals surface area contributed by atoms with Gasteiger partial charge >= 0.3 is 7.12 Å². The zero-order chi connectivity index (χ0) is 26.1. The maximum absolute atomic E-state index is 10.0. The number of hydrogen-bond donors (Lipinski definition) is 2. The number of hydrogen-bond acceptors (Lipinski definition) is 3. The van der Waals surface area contributed by atoms with Crippen LogP contribution in [-0.2, 0) is 0 Å². The van der Waals surface area contributed by atoms with Gasteiger partial charge in [0.2, 0.25) is 0 Å². The zero-order valence-electron chi connectivity index (χ0n) is 20.9. The van der Waals surface area contributed by atoms with Gasteiger partial charge in [0, 0.05) is 31.9 Å². The smallest absolute Gasteiger partial charge is 0.423 e. The second kappa shape index (κ2) is 8.55. The number of aromatic nitrogens is 1. The number of rotatable bonds is 3. The van der Waals surface area contributed by atoms with Gasteiger partial charge in [0.05, 0.1) is 15.7 Å². The third kappa shape index (κ3) is 3.31. The van der Waals surface area contributed by atoms with E-state index in [-0.39, 0.29) is 0 Å². The molecule has 0 bridgehead atoms. The highest BCUT2D eigenvalue weighted by Gasteiger charge is 2.23. The molecule has 8 rings (SSSR count). The Kier molecular flexibility index (Phi) is 4.94. The van der Waals surface area contributed by atoms with Gasteiger partial charge in [-0.15, -0.1) is 11.3 Å². The molecule has 0 saturated heterocycles. The average molecular weight is 519 g/mol. The summed E-state index contributed by atoms with van der Waals surface area (Å²) < 4.78 is 4.84. The number of thiophene rings is 1. The molecule has 0 amide bonds. The zero-order valence-corrected chi connectivity index (χ0v) is 21.7. The van der Waals surface area contributed by atoms with Crippen molar-refractivity contribution in [3.05, 3.63) is 121 Å². The molecule has 2 heterocycles. The van der Waals surface area contributed by atoms with E-state index in [4.69, 9.17) is 0 Å². The summed E-state index contributed by atoms with van der Waals surface area (Å²) in [6.07, 6.45) is 0. The van der Waals surface area contributed by atoms with Crippen molar-refractivity contribution in [3.63, 3.8) is 0 Å². The van der Waals surface area contributed by atoms with Crippen molar-refractivity contribution in [3.8, 4) is 16.8 Å². The summed E-state index contributed by atoms with van der Waals surface area (Å²) in [5, 5.41) is 27.2. The second-order valence-electron chi connectivity index (χ2n) is 9.97. The van der Waals surface area contributed by atoms with Crippen molar-refractivity contribution in [2.24, 2.45) is 0 Å². The highest BCUT2D eigenvalue weighted by atomic mass is 32.1. The van der Waals surface area contributed by atoms with E-state index in [1.54, 1.807) is 0 Å². The summed E-state index contributed by atoms with van der Waals surface area (Å²) in [7, 11) is -1.53. The lowest BCUT2D eigenvalue weighted by Crippen LogP contribution is -2.29. The van der Waals surface area contributed by atoms with Gasteiger partial charge in [-0.2, -0.15) is 0 Å². The van der Waals surface area contributed by atoms with Crippen LogP contribution in [0.2, 0.25) is 0 Å². The quantitative estimate of drug-likeness (QED) is 0.236. The molecule has 2 N–H and O–H groups in total. The molecular formula is C34H22BNO2S. The van der Waals surface area contributed by atoms with E-state index < -0.39 is 7.12 Å². The van der Waals surface area contributed by atoms with Gasteiger partial charge in [-0.05, 0) is 51.6 Å². The fourth-order valence-electron chi connectivity index (χ4n) is 6.06. The molecule has 0 aliphatic carbocycles. The van der Waals surface area contributed by atoms with Crippen molar-refractivity contribution in [2.45, 2.75) is 0 Å². The number of nitrogens with zero attached hydrogens (tertiary/aromatic N) is 1. The summed E-state index contributed by atoms with van der Waals surface area (Å²) in [5.74, 6) is 0. The maximum atomic E-state index is 10.0. The summed E-state index contributed by atoms with van der Waals surface area (Å²) in [6.45, 7) is 0. The van der Waals surface area contributed by atoms with Crippen LogP contribution in [0.4, 0.5) is 0 Å². The van der Waals surface area contributed by atoms with E-state index in [1.165, 1.54) is 36.7 Å². The molecule has 0 unspecified atom stereocenters. The lowest BCUT2D eigenvalue weighted by atomic mass is 9.79. The van der Waals surface area contributed by atoms with E-state index in [9.17, 15) is 10.0 Å². The molecule has 0 aliphatic heterocycles. The summed E-state index contributed by atoms with van der Waals surface area (Å²) >= 11 is 1.82. The Hall–Kier alpha value is -4.42. The second-order valence-corrected chi connectivity index (χ2v) is 11.0. The van der Waals surface area contributed by atoms with E-state index in [0.717, 1.165) is 32.9 Å². The van der Waals surface area contributed by atoms with Crippen molar-refractivity contribution >= 4 is 76.7 Å². The van der Waals surface area contributed by atoms with Crippen LogP contribution in [0.1, 0.15) is 0 Å². The molecule has 0 aliphatic rings. The molecule has 184 valence electrons. The van der Waals surface area contributed by atoms with Crippen molar-refractivity contribution in [1.82, 2.24) is 4.57 Å². The molecular weight excluding hydrogens is 497 g/mol. The first-order valence-electron chi connectivity index (χ1n) is 13.0. The van der Waals surface area contributed by atoms with Crippen LogP contribution in [-0.4, -0.2) is 21.7 Å². The van der Waals surface area contributed by atoms with Gasteiger partial charge in [-0.1, -0.05) is 97.1 Å². The van der Waals surface area contributed by atoms with Crippen LogP contribution in [0.3, 0.4) is 0 Å². The molecule has 5 heteroatoms. The first kappa shape index (κ1) is 22.6. The molecule has 0 spiro atoms. The minimum Gasteiger partial charge on any atom is -0.423 e. The third-order valence-electron chi connectivity index (χ3n) is 7.80. The Balaban J connectivity index is 1.56. The fourth-order valence-corrected chi connectivity index (χ4v) is 7.32. The maximum Gasteiger partial charge on any atom is 0.488 e. The van der Waals surface area contributed by atoms with Gasteiger partial charge in [0.15, 0.2) is 0 Å². The standard InChI is InChI=1S/C34H22BNO2S/c37-35(38)23-16-19-29-28(20-23)31-25-10-4-5-11-26(25)32-27-12-6-7-13-30(27)39-34(32)33(31)36(29)24-17-14-22(15-18-24)21-8-2-1-3-9-21/h1-20,37-38H. The van der Waals surface area contributed by atoms with Crippen molar-refractivity contribution < 1.29 is 10.0 Å². The third-order valence-corrected chi connectivity index (χ3v) is 8.98. The predicted molar refractivity (Wildman–Crippen MR) is 166 cm³/mol. The van der Waals surface area contributed by atoms with E-state index in [0.29, 0.717) is 5.46 Å². The average Bonchev–Trinajstić information content (AvgIpc) is 3.54. The minimum absolute atomic E-state index is 0.487. The predicted octanol–water partition coefficient (Wildman–Crippen LogP) is 7.65. The lowest BCUT2D eigenvalue weighted by molar-refractivity contribution is 0.426. The van der Waals surface area contributed by atoms with Crippen molar-refractivity contribution in [1.29, 1.82) is 0 Å². The Morgan fingerprint density at radius 2 is 1.21 bits per heavy atom. The highest BCUT2D eigenvalue weighted by molar-refractivity contribution is 7.27.